The number of rotatable bonds is 5. The van der Waals surface area contributed by atoms with Crippen LogP contribution in [0.2, 0.25) is 0 Å². The van der Waals surface area contributed by atoms with E-state index in [1.807, 2.05) is 32.9 Å². The zero-order chi connectivity index (χ0) is 13.9. The van der Waals surface area contributed by atoms with Crippen LogP contribution < -0.4 is 5.73 Å². The monoisotopic (exact) mass is 235 g/mol. The van der Waals surface area contributed by atoms with Crippen LogP contribution in [0.5, 0.6) is 0 Å². The average Bonchev–Trinajstić information content (AvgIpc) is 2.35. The molecule has 0 radical (unpaired) electrons. The third-order valence-corrected chi connectivity index (χ3v) is 3.09. The smallest absolute Gasteiger partial charge is 0.00432 e. The Labute approximate surface area is 108 Å². The van der Waals surface area contributed by atoms with Gasteiger partial charge in [-0.1, -0.05) is 53.3 Å². The molecule has 0 rings (SSSR count). The molecule has 0 fully saturated rings. The van der Waals surface area contributed by atoms with E-state index >= 15 is 0 Å². The molecule has 0 saturated carbocycles. The lowest BCUT2D eigenvalue weighted by atomic mass is 9.73. The molecule has 98 valence electrons. The van der Waals surface area contributed by atoms with Crippen LogP contribution in [0.25, 0.3) is 0 Å². The zero-order valence-electron chi connectivity index (χ0n) is 12.4. The van der Waals surface area contributed by atoms with Crippen LogP contribution >= 0.6 is 0 Å². The van der Waals surface area contributed by atoms with Gasteiger partial charge in [-0.25, -0.2) is 0 Å². The second-order valence-electron chi connectivity index (χ2n) is 4.32. The van der Waals surface area contributed by atoms with Gasteiger partial charge in [0.2, 0.25) is 0 Å². The number of hydrogen-bond acceptors (Lipinski definition) is 1. The maximum Gasteiger partial charge on any atom is -0.00432 e. The van der Waals surface area contributed by atoms with Crippen molar-refractivity contribution in [3.05, 3.63) is 42.2 Å². The predicted molar refractivity (Wildman–Crippen MR) is 80.0 cm³/mol. The van der Waals surface area contributed by atoms with Gasteiger partial charge in [0.1, 0.15) is 0 Å². The van der Waals surface area contributed by atoms with Crippen LogP contribution in [0.15, 0.2) is 42.2 Å². The molecule has 1 atom stereocenters. The summed E-state index contributed by atoms with van der Waals surface area (Å²) in [6.07, 6.45) is 7.67. The first-order valence-corrected chi connectivity index (χ1v) is 6.41. The predicted octanol–water partition coefficient (Wildman–Crippen LogP) is 4.48. The summed E-state index contributed by atoms with van der Waals surface area (Å²) in [6.45, 7) is 17.0. The molecule has 0 spiro atoms. The molecule has 0 bridgehead atoms. The van der Waals surface area contributed by atoms with Gasteiger partial charge in [-0.3, -0.25) is 0 Å². The summed E-state index contributed by atoms with van der Waals surface area (Å²) >= 11 is 0. The topological polar surface area (TPSA) is 26.0 Å². The van der Waals surface area contributed by atoms with Crippen LogP contribution in [0.3, 0.4) is 0 Å². The average molecular weight is 235 g/mol. The normalized spacial score (nSPS) is 12.8. The highest BCUT2D eigenvalue weighted by Gasteiger charge is 2.27. The van der Waals surface area contributed by atoms with Crippen molar-refractivity contribution in [2.75, 3.05) is 6.54 Å². The quantitative estimate of drug-likeness (QED) is 0.552. The zero-order valence-corrected chi connectivity index (χ0v) is 12.4. The highest BCUT2D eigenvalue weighted by molar-refractivity contribution is 5.26. The molecule has 0 aliphatic carbocycles. The molecule has 0 aromatic rings. The second kappa shape index (κ2) is 10.1. The van der Waals surface area contributed by atoms with Gasteiger partial charge < -0.3 is 5.73 Å². The standard InChI is InChI=1S/C14H23N.C2H6/c1-6-8-9-10-13(7-2)14(4,5)12(3)11-15;1-2/h6-8,10,12H,1,11,15H2,2-5H3;1-2H3/b13-7+;. The molecule has 17 heavy (non-hydrogen) atoms. The minimum absolute atomic E-state index is 0.0888. The van der Waals surface area contributed by atoms with Crippen molar-refractivity contribution in [1.29, 1.82) is 0 Å². The van der Waals surface area contributed by atoms with E-state index in [2.05, 4.69) is 39.2 Å². The van der Waals surface area contributed by atoms with Crippen LogP contribution in [0.4, 0.5) is 0 Å². The Morgan fingerprint density at radius 2 is 1.94 bits per heavy atom. The van der Waals surface area contributed by atoms with Crippen molar-refractivity contribution in [3.8, 4) is 0 Å². The number of hydrogen-bond donors (Lipinski definition) is 1. The Morgan fingerprint density at radius 1 is 1.41 bits per heavy atom. The van der Waals surface area contributed by atoms with E-state index in [1.54, 1.807) is 6.08 Å². The van der Waals surface area contributed by atoms with Crippen molar-refractivity contribution in [2.24, 2.45) is 17.1 Å². The SMILES string of the molecule is C=CC=C=C/C(=C\C)C(C)(C)C(C)CN.CC. The lowest BCUT2D eigenvalue weighted by molar-refractivity contribution is 0.300. The maximum absolute atomic E-state index is 5.72. The fraction of sp³-hybridized carbons (Fsp3) is 0.562. The number of allylic oxidation sites excluding steroid dienone is 4. The summed E-state index contributed by atoms with van der Waals surface area (Å²) in [5.41, 5.74) is 10.2. The van der Waals surface area contributed by atoms with Gasteiger partial charge in [-0.2, -0.15) is 0 Å². The molecule has 2 N–H and O–H groups in total. The van der Waals surface area contributed by atoms with E-state index in [1.165, 1.54) is 5.57 Å². The molecule has 0 aromatic carbocycles. The molecule has 0 aliphatic rings. The van der Waals surface area contributed by atoms with E-state index in [4.69, 9.17) is 5.73 Å². The van der Waals surface area contributed by atoms with E-state index in [0.717, 1.165) is 0 Å². The summed E-state index contributed by atoms with van der Waals surface area (Å²) in [6, 6.07) is 0. The van der Waals surface area contributed by atoms with Gasteiger partial charge in [-0.15, -0.1) is 5.73 Å². The first kappa shape index (κ1) is 18.3. The highest BCUT2D eigenvalue weighted by Crippen LogP contribution is 2.34. The summed E-state index contributed by atoms with van der Waals surface area (Å²) in [5.74, 6) is 0.450. The van der Waals surface area contributed by atoms with Crippen LogP contribution in [-0.4, -0.2) is 6.54 Å². The summed E-state index contributed by atoms with van der Waals surface area (Å²) in [5, 5.41) is 0. The lowest BCUT2D eigenvalue weighted by Crippen LogP contribution is -2.29. The van der Waals surface area contributed by atoms with Gasteiger partial charge in [0.05, 0.1) is 0 Å². The largest absolute Gasteiger partial charge is 0.330 e. The van der Waals surface area contributed by atoms with Gasteiger partial charge in [0.15, 0.2) is 0 Å². The molecule has 0 aliphatic heterocycles. The number of nitrogens with two attached hydrogens (primary N) is 1. The Morgan fingerprint density at radius 3 is 2.29 bits per heavy atom. The van der Waals surface area contributed by atoms with Crippen LogP contribution in [-0.2, 0) is 0 Å². The molecule has 0 amide bonds. The Hall–Kier alpha value is -1.04. The fourth-order valence-electron chi connectivity index (χ4n) is 1.43. The molecule has 0 heterocycles. The van der Waals surface area contributed by atoms with Crippen LogP contribution in [0.1, 0.15) is 41.5 Å². The molecule has 1 unspecified atom stereocenters. The fourth-order valence-corrected chi connectivity index (χ4v) is 1.43. The van der Waals surface area contributed by atoms with Gasteiger partial charge >= 0.3 is 0 Å². The highest BCUT2D eigenvalue weighted by atomic mass is 14.6. The van der Waals surface area contributed by atoms with Crippen molar-refractivity contribution in [1.82, 2.24) is 0 Å². The summed E-state index contributed by atoms with van der Waals surface area (Å²) in [7, 11) is 0. The first-order valence-electron chi connectivity index (χ1n) is 6.41. The molecular formula is C16H29N. The van der Waals surface area contributed by atoms with Crippen molar-refractivity contribution < 1.29 is 0 Å². The Bertz CT molecular complexity index is 289. The van der Waals surface area contributed by atoms with Gasteiger partial charge in [-0.05, 0) is 42.5 Å². The van der Waals surface area contributed by atoms with Gasteiger partial charge in [0.25, 0.3) is 0 Å². The minimum atomic E-state index is 0.0888. The maximum atomic E-state index is 5.72. The Kier molecular flexibility index (Phi) is 10.9. The summed E-state index contributed by atoms with van der Waals surface area (Å²) in [4.78, 5) is 0. The molecular weight excluding hydrogens is 206 g/mol. The van der Waals surface area contributed by atoms with Crippen molar-refractivity contribution in [3.63, 3.8) is 0 Å². The third kappa shape index (κ3) is 6.31. The molecule has 0 aromatic heterocycles. The van der Waals surface area contributed by atoms with E-state index in [0.29, 0.717) is 12.5 Å². The van der Waals surface area contributed by atoms with Crippen LogP contribution in [0, 0.1) is 11.3 Å². The minimum Gasteiger partial charge on any atom is -0.330 e. The molecule has 1 heteroatoms. The first-order chi connectivity index (χ1) is 8.00. The van der Waals surface area contributed by atoms with E-state index < -0.39 is 0 Å². The second-order valence-corrected chi connectivity index (χ2v) is 4.32. The van der Waals surface area contributed by atoms with Gasteiger partial charge in [0, 0.05) is 0 Å². The van der Waals surface area contributed by atoms with E-state index in [-0.39, 0.29) is 5.41 Å². The molecule has 0 saturated heterocycles. The summed E-state index contributed by atoms with van der Waals surface area (Å²) < 4.78 is 0. The van der Waals surface area contributed by atoms with E-state index in [9.17, 15) is 0 Å². The van der Waals surface area contributed by atoms with Crippen molar-refractivity contribution in [2.45, 2.75) is 41.5 Å². The third-order valence-electron chi connectivity index (χ3n) is 3.09. The lowest BCUT2D eigenvalue weighted by Gasteiger charge is -2.32. The van der Waals surface area contributed by atoms with Crippen molar-refractivity contribution >= 4 is 0 Å². The Balaban J connectivity index is 0. The molecule has 1 nitrogen and oxygen atoms in total.